The number of hydrogen-bond acceptors (Lipinski definition) is 4. The molecule has 120 valence electrons. The molecule has 6 nitrogen and oxygen atoms in total. The maximum atomic E-state index is 12.2. The number of nitriles is 1. The molecule has 0 aromatic rings. The van der Waals surface area contributed by atoms with E-state index < -0.39 is 0 Å². The first-order valence-electron chi connectivity index (χ1n) is 8.26. The molecule has 2 saturated heterocycles. The zero-order valence-electron chi connectivity index (χ0n) is 13.1. The van der Waals surface area contributed by atoms with E-state index in [1.165, 1.54) is 0 Å². The van der Waals surface area contributed by atoms with Crippen LogP contribution in [0.5, 0.6) is 0 Å². The van der Waals surface area contributed by atoms with Crippen molar-refractivity contribution in [1.82, 2.24) is 15.1 Å². The summed E-state index contributed by atoms with van der Waals surface area (Å²) in [6, 6.07) is 2.35. The topological polar surface area (TPSA) is 76.4 Å². The molecule has 4 atom stereocenters. The summed E-state index contributed by atoms with van der Waals surface area (Å²) in [6.07, 6.45) is 3.82. The third-order valence-corrected chi connectivity index (χ3v) is 5.46. The largest absolute Gasteiger partial charge is 0.342 e. The van der Waals surface area contributed by atoms with Crippen molar-refractivity contribution in [3.63, 3.8) is 0 Å². The van der Waals surface area contributed by atoms with Crippen LogP contribution in [0, 0.1) is 23.2 Å². The molecule has 0 aromatic heterocycles. The number of amides is 2. The Bertz CT molecular complexity index is 487. The van der Waals surface area contributed by atoms with Gasteiger partial charge in [0, 0.05) is 32.6 Å². The van der Waals surface area contributed by atoms with Crippen LogP contribution in [0.4, 0.5) is 0 Å². The predicted molar refractivity (Wildman–Crippen MR) is 80.6 cm³/mol. The molecule has 0 aromatic carbocycles. The minimum absolute atomic E-state index is 0.0477. The van der Waals surface area contributed by atoms with Crippen LogP contribution in [0.3, 0.4) is 0 Å². The van der Waals surface area contributed by atoms with Crippen molar-refractivity contribution in [1.29, 1.82) is 5.26 Å². The molecule has 1 saturated carbocycles. The summed E-state index contributed by atoms with van der Waals surface area (Å²) in [7, 11) is 0. The van der Waals surface area contributed by atoms with Gasteiger partial charge in [0.1, 0.15) is 6.04 Å². The summed E-state index contributed by atoms with van der Waals surface area (Å²) in [5, 5.41) is 12.4. The molecule has 22 heavy (non-hydrogen) atoms. The van der Waals surface area contributed by atoms with Gasteiger partial charge in [-0.15, -0.1) is 0 Å². The molecular weight excluding hydrogens is 280 g/mol. The lowest BCUT2D eigenvalue weighted by molar-refractivity contribution is -0.130. The van der Waals surface area contributed by atoms with Crippen molar-refractivity contribution in [2.75, 3.05) is 26.2 Å². The lowest BCUT2D eigenvalue weighted by atomic mass is 10.0. The summed E-state index contributed by atoms with van der Waals surface area (Å²) in [5.74, 6) is 1.38. The Labute approximate surface area is 131 Å². The van der Waals surface area contributed by atoms with Crippen molar-refractivity contribution in [3.05, 3.63) is 0 Å². The highest BCUT2D eigenvalue weighted by molar-refractivity contribution is 5.79. The van der Waals surface area contributed by atoms with Crippen LogP contribution in [-0.2, 0) is 9.59 Å². The highest BCUT2D eigenvalue weighted by Gasteiger charge is 2.41. The molecule has 1 unspecified atom stereocenters. The number of rotatable bonds is 3. The van der Waals surface area contributed by atoms with E-state index in [1.807, 2.05) is 4.90 Å². The van der Waals surface area contributed by atoms with Gasteiger partial charge < -0.3 is 15.1 Å². The number of carbonyl (C=O) groups is 2. The fourth-order valence-electron chi connectivity index (χ4n) is 4.26. The van der Waals surface area contributed by atoms with Crippen molar-refractivity contribution < 1.29 is 9.59 Å². The van der Waals surface area contributed by atoms with Gasteiger partial charge in [0.05, 0.1) is 12.6 Å². The summed E-state index contributed by atoms with van der Waals surface area (Å²) in [4.78, 5) is 27.3. The van der Waals surface area contributed by atoms with E-state index in [1.54, 1.807) is 11.8 Å². The molecule has 6 heteroatoms. The molecule has 2 aliphatic heterocycles. The second-order valence-electron chi connectivity index (χ2n) is 6.87. The van der Waals surface area contributed by atoms with Crippen molar-refractivity contribution in [2.45, 2.75) is 44.7 Å². The second-order valence-corrected chi connectivity index (χ2v) is 6.87. The van der Waals surface area contributed by atoms with Gasteiger partial charge in [0.15, 0.2) is 0 Å². The summed E-state index contributed by atoms with van der Waals surface area (Å²) in [5.41, 5.74) is 0. The Kier molecular flexibility index (Phi) is 4.34. The number of carbonyl (C=O) groups excluding carboxylic acids is 2. The SMILES string of the molecule is CC(=O)N1C[C@H]2C[C@@H](NCC(=O)N3CCCC3C#N)C[C@H]2C1. The van der Waals surface area contributed by atoms with E-state index in [2.05, 4.69) is 11.4 Å². The van der Waals surface area contributed by atoms with Gasteiger partial charge in [0.25, 0.3) is 0 Å². The molecule has 2 amide bonds. The van der Waals surface area contributed by atoms with Crippen molar-refractivity contribution >= 4 is 11.8 Å². The number of nitrogens with one attached hydrogen (secondary N) is 1. The molecule has 0 bridgehead atoms. The van der Waals surface area contributed by atoms with Gasteiger partial charge in [0.2, 0.25) is 11.8 Å². The number of hydrogen-bond donors (Lipinski definition) is 1. The highest BCUT2D eigenvalue weighted by atomic mass is 16.2. The quantitative estimate of drug-likeness (QED) is 0.816. The van der Waals surface area contributed by atoms with E-state index >= 15 is 0 Å². The van der Waals surface area contributed by atoms with Crippen LogP contribution in [0.15, 0.2) is 0 Å². The van der Waals surface area contributed by atoms with Crippen LogP contribution in [0.25, 0.3) is 0 Å². The van der Waals surface area contributed by atoms with E-state index in [0.717, 1.165) is 38.8 Å². The predicted octanol–water partition coefficient (Wildman–Crippen LogP) is 0.347. The molecule has 1 aliphatic carbocycles. The fourth-order valence-corrected chi connectivity index (χ4v) is 4.26. The number of fused-ring (bicyclic) bond motifs is 1. The van der Waals surface area contributed by atoms with Crippen LogP contribution in [-0.4, -0.2) is 59.9 Å². The third kappa shape index (κ3) is 2.95. The molecule has 3 rings (SSSR count). The molecule has 1 N–H and O–H groups in total. The first kappa shape index (κ1) is 15.3. The van der Waals surface area contributed by atoms with Gasteiger partial charge in [-0.25, -0.2) is 0 Å². The van der Waals surface area contributed by atoms with E-state index in [9.17, 15) is 9.59 Å². The van der Waals surface area contributed by atoms with Crippen molar-refractivity contribution in [2.24, 2.45) is 11.8 Å². The molecule has 0 radical (unpaired) electrons. The molecule has 2 heterocycles. The van der Waals surface area contributed by atoms with Crippen LogP contribution < -0.4 is 5.32 Å². The highest BCUT2D eigenvalue weighted by Crippen LogP contribution is 2.38. The van der Waals surface area contributed by atoms with E-state index in [4.69, 9.17) is 5.26 Å². The Morgan fingerprint density at radius 3 is 2.55 bits per heavy atom. The molecule has 3 fully saturated rings. The van der Waals surface area contributed by atoms with Gasteiger partial charge >= 0.3 is 0 Å². The molecule has 3 aliphatic rings. The average Bonchev–Trinajstić information content (AvgIpc) is 3.17. The Morgan fingerprint density at radius 2 is 1.95 bits per heavy atom. The first-order chi connectivity index (χ1) is 10.6. The third-order valence-electron chi connectivity index (χ3n) is 5.46. The van der Waals surface area contributed by atoms with Crippen molar-refractivity contribution in [3.8, 4) is 6.07 Å². The van der Waals surface area contributed by atoms with Gasteiger partial charge in [-0.3, -0.25) is 9.59 Å². The second kappa shape index (κ2) is 6.25. The summed E-state index contributed by atoms with van der Waals surface area (Å²) >= 11 is 0. The number of likely N-dealkylation sites (tertiary alicyclic amines) is 2. The molecule has 0 spiro atoms. The van der Waals surface area contributed by atoms with Gasteiger partial charge in [-0.2, -0.15) is 5.26 Å². The van der Waals surface area contributed by atoms with E-state index in [-0.39, 0.29) is 17.9 Å². The fraction of sp³-hybridized carbons (Fsp3) is 0.812. The van der Waals surface area contributed by atoms with Gasteiger partial charge in [-0.05, 0) is 37.5 Å². The van der Waals surface area contributed by atoms with Gasteiger partial charge in [-0.1, -0.05) is 0 Å². The first-order valence-corrected chi connectivity index (χ1v) is 8.26. The Morgan fingerprint density at radius 1 is 1.27 bits per heavy atom. The smallest absolute Gasteiger partial charge is 0.237 e. The zero-order valence-corrected chi connectivity index (χ0v) is 13.1. The normalized spacial score (nSPS) is 33.8. The molecular formula is C16H24N4O2. The standard InChI is InChI=1S/C16H24N4O2/c1-11(21)19-9-12-5-14(6-13(12)10-19)18-8-16(22)20-4-2-3-15(20)7-17/h12-15,18H,2-6,8-10H2,1H3/t12-,13+,14-,15?. The minimum atomic E-state index is -0.235. The summed E-state index contributed by atoms with van der Waals surface area (Å²) < 4.78 is 0. The Hall–Kier alpha value is -1.61. The number of nitrogens with zero attached hydrogens (tertiary/aromatic N) is 3. The maximum Gasteiger partial charge on any atom is 0.237 e. The van der Waals surface area contributed by atoms with E-state index in [0.29, 0.717) is 31.0 Å². The maximum absolute atomic E-state index is 12.2. The van der Waals surface area contributed by atoms with Crippen LogP contribution >= 0.6 is 0 Å². The minimum Gasteiger partial charge on any atom is -0.342 e. The zero-order chi connectivity index (χ0) is 15.7. The van der Waals surface area contributed by atoms with Crippen LogP contribution in [0.1, 0.15) is 32.6 Å². The average molecular weight is 304 g/mol. The lowest BCUT2D eigenvalue weighted by Crippen LogP contribution is -2.43. The Balaban J connectivity index is 1.44. The summed E-state index contributed by atoms with van der Waals surface area (Å²) in [6.45, 7) is 4.42. The van der Waals surface area contributed by atoms with Crippen LogP contribution in [0.2, 0.25) is 0 Å². The monoisotopic (exact) mass is 304 g/mol. The lowest BCUT2D eigenvalue weighted by Gasteiger charge is -2.22.